The van der Waals surface area contributed by atoms with Crippen molar-refractivity contribution >= 4 is 28.6 Å². The van der Waals surface area contributed by atoms with E-state index in [4.69, 9.17) is 10.8 Å². The maximum absolute atomic E-state index is 12.6. The number of hydrogen-bond donors (Lipinski definition) is 2. The molecule has 0 spiro atoms. The second kappa shape index (κ2) is 5.48. The molecule has 1 aromatic rings. The molecule has 7 heteroatoms. The normalized spacial score (nSPS) is 10.8. The molecule has 0 unspecified atom stereocenters. The highest BCUT2D eigenvalue weighted by atomic mass is 127. The summed E-state index contributed by atoms with van der Waals surface area (Å²) in [6.45, 7) is 0.00323. The number of nitrogens with two attached hydrogens (primary N) is 1. The highest BCUT2D eigenvalue weighted by Crippen LogP contribution is 2.26. The lowest BCUT2D eigenvalue weighted by Gasteiger charge is -2.09. The molecule has 0 aliphatic heterocycles. The molecule has 0 aliphatic carbocycles. The van der Waals surface area contributed by atoms with Crippen molar-refractivity contribution in [3.63, 3.8) is 0 Å². The molecule has 0 atom stereocenters. The first-order chi connectivity index (χ1) is 7.45. The zero-order valence-electron chi connectivity index (χ0n) is 8.08. The predicted octanol–water partition coefficient (Wildman–Crippen LogP) is 1.71. The van der Waals surface area contributed by atoms with Gasteiger partial charge < -0.3 is 10.8 Å². The summed E-state index contributed by atoms with van der Waals surface area (Å²) in [7, 11) is 0. The Balaban J connectivity index is 3.25. The Morgan fingerprint density at radius 3 is 2.69 bits per heavy atom. The Morgan fingerprint density at radius 1 is 1.62 bits per heavy atom. The highest BCUT2D eigenvalue weighted by Gasteiger charge is 2.19. The first kappa shape index (κ1) is 13.2. The van der Waals surface area contributed by atoms with E-state index >= 15 is 0 Å². The lowest BCUT2D eigenvalue weighted by Crippen LogP contribution is -2.10. The summed E-state index contributed by atoms with van der Waals surface area (Å²) in [6, 6.07) is 1.45. The fraction of sp³-hybridized carbons (Fsp3) is 0.333. The van der Waals surface area contributed by atoms with Crippen molar-refractivity contribution in [2.24, 2.45) is 5.73 Å². The van der Waals surface area contributed by atoms with E-state index in [2.05, 4.69) is 4.98 Å². The van der Waals surface area contributed by atoms with Gasteiger partial charge in [-0.25, -0.2) is 13.8 Å². The zero-order valence-corrected chi connectivity index (χ0v) is 10.2. The summed E-state index contributed by atoms with van der Waals surface area (Å²) in [5, 5.41) is 8.64. The van der Waals surface area contributed by atoms with Crippen LogP contribution in [0.4, 0.5) is 8.78 Å². The standard InChI is InChI=1S/C9H9F2IN2O2/c10-9(11)8-7(12)4(2-6(15)16)1-5(3-13)14-8/h1,9H,2-3,13H2,(H,15,16). The molecule has 0 amide bonds. The summed E-state index contributed by atoms with van der Waals surface area (Å²) >= 11 is 1.68. The van der Waals surface area contributed by atoms with Gasteiger partial charge in [0.2, 0.25) is 0 Å². The molecule has 4 nitrogen and oxygen atoms in total. The summed E-state index contributed by atoms with van der Waals surface area (Å²) in [6.07, 6.45) is -3.04. The SMILES string of the molecule is NCc1cc(CC(=O)O)c(I)c(C(F)F)n1. The topological polar surface area (TPSA) is 76.2 Å². The van der Waals surface area contributed by atoms with Crippen LogP contribution < -0.4 is 5.73 Å². The smallest absolute Gasteiger partial charge is 0.307 e. The van der Waals surface area contributed by atoms with Crippen LogP contribution in [-0.2, 0) is 17.8 Å². The van der Waals surface area contributed by atoms with Gasteiger partial charge in [0.05, 0.1) is 12.1 Å². The van der Waals surface area contributed by atoms with Gasteiger partial charge in [-0.1, -0.05) is 0 Å². The molecule has 16 heavy (non-hydrogen) atoms. The lowest BCUT2D eigenvalue weighted by atomic mass is 10.1. The number of carboxylic acids is 1. The fourth-order valence-electron chi connectivity index (χ4n) is 1.21. The van der Waals surface area contributed by atoms with Crippen LogP contribution in [0.15, 0.2) is 6.07 Å². The Bertz CT molecular complexity index is 413. The third-order valence-electron chi connectivity index (χ3n) is 1.87. The number of hydrogen-bond acceptors (Lipinski definition) is 3. The predicted molar refractivity (Wildman–Crippen MR) is 61.1 cm³/mol. The quantitative estimate of drug-likeness (QED) is 0.817. The van der Waals surface area contributed by atoms with Crippen LogP contribution in [0, 0.1) is 3.57 Å². The van der Waals surface area contributed by atoms with E-state index in [1.807, 2.05) is 0 Å². The van der Waals surface area contributed by atoms with Gasteiger partial charge in [-0.05, 0) is 34.2 Å². The molecule has 0 radical (unpaired) electrons. The molecule has 0 fully saturated rings. The van der Waals surface area contributed by atoms with Gasteiger partial charge >= 0.3 is 5.97 Å². The van der Waals surface area contributed by atoms with Crippen LogP contribution in [0.1, 0.15) is 23.4 Å². The summed E-state index contributed by atoms with van der Waals surface area (Å²) < 4.78 is 25.4. The number of rotatable bonds is 4. The highest BCUT2D eigenvalue weighted by molar-refractivity contribution is 14.1. The molecule has 0 saturated carbocycles. The Hall–Kier alpha value is -0.830. The number of pyridine rings is 1. The van der Waals surface area contributed by atoms with Gasteiger partial charge in [0, 0.05) is 10.1 Å². The summed E-state index contributed by atoms with van der Waals surface area (Å²) in [5.74, 6) is -1.08. The van der Waals surface area contributed by atoms with Crippen LogP contribution in [0.2, 0.25) is 0 Å². The first-order valence-electron chi connectivity index (χ1n) is 4.34. The molecule has 3 N–H and O–H groups in total. The molecule has 0 aromatic carbocycles. The zero-order chi connectivity index (χ0) is 12.3. The maximum Gasteiger partial charge on any atom is 0.307 e. The number of carbonyl (C=O) groups is 1. The monoisotopic (exact) mass is 342 g/mol. The van der Waals surface area contributed by atoms with Crippen molar-refractivity contribution in [2.45, 2.75) is 19.4 Å². The van der Waals surface area contributed by atoms with E-state index in [0.717, 1.165) is 0 Å². The molecular formula is C9H9F2IN2O2. The van der Waals surface area contributed by atoms with E-state index in [1.54, 1.807) is 22.6 Å². The lowest BCUT2D eigenvalue weighted by molar-refractivity contribution is -0.136. The minimum absolute atomic E-state index is 0.00323. The minimum atomic E-state index is -2.73. The molecule has 88 valence electrons. The number of aliphatic carboxylic acids is 1. The largest absolute Gasteiger partial charge is 0.481 e. The van der Waals surface area contributed by atoms with Crippen LogP contribution in [-0.4, -0.2) is 16.1 Å². The maximum atomic E-state index is 12.6. The first-order valence-corrected chi connectivity index (χ1v) is 5.41. The van der Waals surface area contributed by atoms with Crippen molar-refractivity contribution in [3.05, 3.63) is 26.6 Å². The van der Waals surface area contributed by atoms with Crippen LogP contribution in [0.3, 0.4) is 0 Å². The van der Waals surface area contributed by atoms with Crippen molar-refractivity contribution < 1.29 is 18.7 Å². The summed E-state index contributed by atoms with van der Waals surface area (Å²) in [4.78, 5) is 14.2. The third kappa shape index (κ3) is 3.08. The Morgan fingerprint density at radius 2 is 2.25 bits per heavy atom. The molecule has 0 saturated heterocycles. The molecule has 0 bridgehead atoms. The number of aromatic nitrogens is 1. The minimum Gasteiger partial charge on any atom is -0.481 e. The molecule has 1 rings (SSSR count). The van der Waals surface area contributed by atoms with E-state index in [9.17, 15) is 13.6 Å². The van der Waals surface area contributed by atoms with Crippen molar-refractivity contribution in [3.8, 4) is 0 Å². The number of carboxylic acid groups (broad SMARTS) is 1. The van der Waals surface area contributed by atoms with Gasteiger partial charge in [-0.3, -0.25) is 4.79 Å². The molecule has 0 aliphatic rings. The molecular weight excluding hydrogens is 333 g/mol. The number of alkyl halides is 2. The molecule has 1 aromatic heterocycles. The van der Waals surface area contributed by atoms with E-state index in [-0.39, 0.29) is 22.2 Å². The van der Waals surface area contributed by atoms with E-state index in [0.29, 0.717) is 5.56 Å². The third-order valence-corrected chi connectivity index (χ3v) is 3.11. The second-order valence-electron chi connectivity index (χ2n) is 3.05. The van der Waals surface area contributed by atoms with Gasteiger partial charge in [-0.15, -0.1) is 0 Å². The van der Waals surface area contributed by atoms with Crippen LogP contribution >= 0.6 is 22.6 Å². The van der Waals surface area contributed by atoms with Crippen molar-refractivity contribution in [1.82, 2.24) is 4.98 Å². The van der Waals surface area contributed by atoms with E-state index in [1.165, 1.54) is 6.07 Å². The fourth-order valence-corrected chi connectivity index (χ4v) is 1.91. The van der Waals surface area contributed by atoms with Gasteiger partial charge in [0.15, 0.2) is 0 Å². The van der Waals surface area contributed by atoms with Gasteiger partial charge in [-0.2, -0.15) is 0 Å². The Labute approximate surface area is 104 Å². The van der Waals surface area contributed by atoms with Gasteiger partial charge in [0.1, 0.15) is 5.69 Å². The van der Waals surface area contributed by atoms with E-state index < -0.39 is 18.1 Å². The number of halogens is 3. The average molecular weight is 342 g/mol. The van der Waals surface area contributed by atoms with Crippen molar-refractivity contribution in [2.75, 3.05) is 0 Å². The van der Waals surface area contributed by atoms with Gasteiger partial charge in [0.25, 0.3) is 6.43 Å². The van der Waals surface area contributed by atoms with Crippen LogP contribution in [0.25, 0.3) is 0 Å². The Kier molecular flexibility index (Phi) is 4.54. The summed E-state index contributed by atoms with van der Waals surface area (Å²) in [5.41, 5.74) is 5.50. The van der Waals surface area contributed by atoms with Crippen molar-refractivity contribution in [1.29, 1.82) is 0 Å². The second-order valence-corrected chi connectivity index (χ2v) is 4.13. The van der Waals surface area contributed by atoms with Crippen LogP contribution in [0.5, 0.6) is 0 Å². The number of nitrogens with zero attached hydrogens (tertiary/aromatic N) is 1. The average Bonchev–Trinajstić information content (AvgIpc) is 2.19. The molecule has 1 heterocycles.